The van der Waals surface area contributed by atoms with E-state index < -0.39 is 27.2 Å². The third-order valence-electron chi connectivity index (χ3n) is 5.52. The van der Waals surface area contributed by atoms with E-state index in [1.54, 1.807) is 24.3 Å². The van der Waals surface area contributed by atoms with Gasteiger partial charge in [-0.15, -0.1) is 0 Å². The van der Waals surface area contributed by atoms with Gasteiger partial charge in [-0.05, 0) is 59.0 Å². The van der Waals surface area contributed by atoms with E-state index in [1.165, 1.54) is 24.3 Å². The van der Waals surface area contributed by atoms with Gasteiger partial charge in [-0.1, -0.05) is 24.3 Å². The molecule has 0 radical (unpaired) electrons. The van der Waals surface area contributed by atoms with Gasteiger partial charge in [-0.25, -0.2) is 26.0 Å². The summed E-state index contributed by atoms with van der Waals surface area (Å²) in [5.74, 6) is -3.06. The molecule has 1 aliphatic heterocycles. The Morgan fingerprint density at radius 3 is 1.69 bits per heavy atom. The molecule has 0 unspecified atom stereocenters. The molecule has 3 aromatic rings. The van der Waals surface area contributed by atoms with Crippen LogP contribution in [0, 0.1) is 29.2 Å². The third-order valence-corrected chi connectivity index (χ3v) is 7.27. The first-order valence-corrected chi connectivity index (χ1v) is 11.9. The SMILES string of the molecule is O=S(=O)(Cc1cc(F)cc(F)c1)CC1CN(C(c2ccc(F)cc2)c2ccc(F)cc2)C1. The Balaban J connectivity index is 1.46. The van der Waals surface area contributed by atoms with Crippen LogP contribution in [0.15, 0.2) is 66.7 Å². The summed E-state index contributed by atoms with van der Waals surface area (Å²) < 4.78 is 78.7. The van der Waals surface area contributed by atoms with E-state index >= 15 is 0 Å². The first kappa shape index (κ1) is 22.5. The van der Waals surface area contributed by atoms with Gasteiger partial charge in [0, 0.05) is 19.2 Å². The smallest absolute Gasteiger partial charge is 0.154 e. The molecular formula is C24H21F4NO2S. The number of rotatable bonds is 7. The van der Waals surface area contributed by atoms with Gasteiger partial charge in [0.05, 0.1) is 17.5 Å². The van der Waals surface area contributed by atoms with Crippen LogP contribution in [0.25, 0.3) is 0 Å². The highest BCUT2D eigenvalue weighted by Gasteiger charge is 2.36. The second kappa shape index (κ2) is 9.03. The normalized spacial score (nSPS) is 15.2. The van der Waals surface area contributed by atoms with E-state index in [0.29, 0.717) is 19.2 Å². The van der Waals surface area contributed by atoms with Crippen LogP contribution in [0.4, 0.5) is 17.6 Å². The fraction of sp³-hybridized carbons (Fsp3) is 0.250. The fourth-order valence-corrected chi connectivity index (χ4v) is 5.92. The van der Waals surface area contributed by atoms with Crippen molar-refractivity contribution in [3.8, 4) is 0 Å². The van der Waals surface area contributed by atoms with Gasteiger partial charge in [0.15, 0.2) is 9.84 Å². The van der Waals surface area contributed by atoms with Gasteiger partial charge < -0.3 is 0 Å². The Morgan fingerprint density at radius 1 is 0.750 bits per heavy atom. The molecular weight excluding hydrogens is 442 g/mol. The molecule has 3 aromatic carbocycles. The van der Waals surface area contributed by atoms with Crippen LogP contribution < -0.4 is 0 Å². The largest absolute Gasteiger partial charge is 0.292 e. The van der Waals surface area contributed by atoms with E-state index in [-0.39, 0.29) is 34.9 Å². The third kappa shape index (κ3) is 5.37. The molecule has 0 saturated carbocycles. The van der Waals surface area contributed by atoms with Crippen molar-refractivity contribution in [1.29, 1.82) is 0 Å². The van der Waals surface area contributed by atoms with Crippen LogP contribution >= 0.6 is 0 Å². The molecule has 0 bridgehead atoms. The van der Waals surface area contributed by atoms with E-state index in [9.17, 15) is 26.0 Å². The average molecular weight is 463 g/mol. The number of hydrogen-bond donors (Lipinski definition) is 0. The van der Waals surface area contributed by atoms with Crippen molar-refractivity contribution in [2.45, 2.75) is 11.8 Å². The highest BCUT2D eigenvalue weighted by Crippen LogP contribution is 2.35. The fourth-order valence-electron chi connectivity index (χ4n) is 4.20. The molecule has 168 valence electrons. The van der Waals surface area contributed by atoms with Crippen LogP contribution in [0.1, 0.15) is 22.7 Å². The molecule has 4 rings (SSSR count). The lowest BCUT2D eigenvalue weighted by Crippen LogP contribution is -2.51. The van der Waals surface area contributed by atoms with Gasteiger partial charge >= 0.3 is 0 Å². The van der Waals surface area contributed by atoms with Crippen LogP contribution in [0.5, 0.6) is 0 Å². The summed E-state index contributed by atoms with van der Waals surface area (Å²) in [5, 5.41) is 0. The summed E-state index contributed by atoms with van der Waals surface area (Å²) in [6, 6.07) is 14.5. The molecule has 0 aliphatic carbocycles. The summed E-state index contributed by atoms with van der Waals surface area (Å²) in [6.45, 7) is 0.937. The Hall–Kier alpha value is -2.71. The number of nitrogens with zero attached hydrogens (tertiary/aromatic N) is 1. The quantitative estimate of drug-likeness (QED) is 0.469. The zero-order chi connectivity index (χ0) is 22.9. The van der Waals surface area contributed by atoms with Gasteiger partial charge in [0.2, 0.25) is 0 Å². The first-order valence-electron chi connectivity index (χ1n) is 10.1. The number of sulfone groups is 1. The summed E-state index contributed by atoms with van der Waals surface area (Å²) in [5.41, 5.74) is 1.71. The Labute approximate surface area is 184 Å². The predicted molar refractivity (Wildman–Crippen MR) is 114 cm³/mol. The molecule has 0 spiro atoms. The Kier molecular flexibility index (Phi) is 6.35. The molecule has 0 aromatic heterocycles. The number of likely N-dealkylation sites (tertiary alicyclic amines) is 1. The Bertz CT molecular complexity index is 1130. The Morgan fingerprint density at radius 2 is 1.22 bits per heavy atom. The summed E-state index contributed by atoms with van der Waals surface area (Å²) in [7, 11) is -3.58. The molecule has 0 atom stereocenters. The van der Waals surface area contributed by atoms with Crippen molar-refractivity contribution in [2.75, 3.05) is 18.8 Å². The van der Waals surface area contributed by atoms with Crippen molar-refractivity contribution in [2.24, 2.45) is 5.92 Å². The maximum absolute atomic E-state index is 13.4. The van der Waals surface area contributed by atoms with E-state index in [0.717, 1.165) is 23.3 Å². The molecule has 1 fully saturated rings. The van der Waals surface area contributed by atoms with Crippen molar-refractivity contribution in [3.05, 3.63) is 107 Å². The standard InChI is InChI=1S/C24H21F4NO2S/c25-20-5-1-18(2-6-20)24(19-3-7-21(26)8-4-19)29-12-17(13-29)15-32(30,31)14-16-9-22(27)11-23(28)10-16/h1-11,17,24H,12-15H2. The van der Waals surface area contributed by atoms with Gasteiger partial charge in [0.25, 0.3) is 0 Å². The van der Waals surface area contributed by atoms with Gasteiger partial charge in [-0.3, -0.25) is 4.90 Å². The highest BCUT2D eigenvalue weighted by atomic mass is 32.2. The van der Waals surface area contributed by atoms with Crippen molar-refractivity contribution < 1.29 is 26.0 Å². The average Bonchev–Trinajstić information content (AvgIpc) is 2.67. The highest BCUT2D eigenvalue weighted by molar-refractivity contribution is 7.90. The molecule has 0 amide bonds. The monoisotopic (exact) mass is 463 g/mol. The lowest BCUT2D eigenvalue weighted by Gasteiger charge is -2.44. The summed E-state index contributed by atoms with van der Waals surface area (Å²) in [4.78, 5) is 2.04. The number of hydrogen-bond acceptors (Lipinski definition) is 3. The first-order chi connectivity index (χ1) is 15.2. The molecule has 1 saturated heterocycles. The molecule has 8 heteroatoms. The minimum Gasteiger partial charge on any atom is -0.292 e. The second-order valence-electron chi connectivity index (χ2n) is 8.16. The summed E-state index contributed by atoms with van der Waals surface area (Å²) >= 11 is 0. The van der Waals surface area contributed by atoms with Crippen LogP contribution in [0.3, 0.4) is 0 Å². The lowest BCUT2D eigenvalue weighted by atomic mass is 9.91. The molecule has 32 heavy (non-hydrogen) atoms. The lowest BCUT2D eigenvalue weighted by molar-refractivity contribution is 0.0811. The predicted octanol–water partition coefficient (Wildman–Crippen LogP) is 4.88. The minimum absolute atomic E-state index is 0.0779. The van der Waals surface area contributed by atoms with Gasteiger partial charge in [-0.2, -0.15) is 0 Å². The topological polar surface area (TPSA) is 37.4 Å². The minimum atomic E-state index is -3.58. The molecule has 1 heterocycles. The number of halogens is 4. The maximum Gasteiger partial charge on any atom is 0.154 e. The van der Waals surface area contributed by atoms with Crippen LogP contribution in [-0.2, 0) is 15.6 Å². The molecule has 0 N–H and O–H groups in total. The molecule has 1 aliphatic rings. The zero-order valence-corrected chi connectivity index (χ0v) is 17.8. The second-order valence-corrected chi connectivity index (χ2v) is 10.3. The van der Waals surface area contributed by atoms with Crippen molar-refractivity contribution in [3.63, 3.8) is 0 Å². The van der Waals surface area contributed by atoms with E-state index in [2.05, 4.69) is 0 Å². The van der Waals surface area contributed by atoms with E-state index in [1.807, 2.05) is 4.90 Å². The summed E-state index contributed by atoms with van der Waals surface area (Å²) in [6.07, 6.45) is 0. The zero-order valence-electron chi connectivity index (χ0n) is 17.0. The number of benzene rings is 3. The van der Waals surface area contributed by atoms with E-state index in [4.69, 9.17) is 0 Å². The van der Waals surface area contributed by atoms with Crippen LogP contribution in [-0.4, -0.2) is 32.2 Å². The maximum atomic E-state index is 13.4. The van der Waals surface area contributed by atoms with Gasteiger partial charge in [0.1, 0.15) is 23.3 Å². The van der Waals surface area contributed by atoms with Crippen LogP contribution in [0.2, 0.25) is 0 Å². The van der Waals surface area contributed by atoms with Crippen molar-refractivity contribution in [1.82, 2.24) is 4.90 Å². The molecule has 3 nitrogen and oxygen atoms in total. The van der Waals surface area contributed by atoms with Crippen molar-refractivity contribution >= 4 is 9.84 Å².